The van der Waals surface area contributed by atoms with Crippen LogP contribution in [0.3, 0.4) is 0 Å². The predicted octanol–water partition coefficient (Wildman–Crippen LogP) is 3.91. The quantitative estimate of drug-likeness (QED) is 0.454. The van der Waals surface area contributed by atoms with Crippen molar-refractivity contribution in [3.8, 4) is 11.8 Å². The first-order valence-electron chi connectivity index (χ1n) is 14.4. The summed E-state index contributed by atoms with van der Waals surface area (Å²) in [6, 6.07) is 13.2. The number of anilines is 1. The van der Waals surface area contributed by atoms with Crippen LogP contribution in [-0.4, -0.2) is 70.8 Å². The van der Waals surface area contributed by atoms with Gasteiger partial charge in [-0.25, -0.2) is 4.68 Å². The minimum atomic E-state index is -4.65. The molecule has 0 bridgehead atoms. The van der Waals surface area contributed by atoms with Crippen molar-refractivity contribution >= 4 is 23.5 Å². The van der Waals surface area contributed by atoms with Gasteiger partial charge >= 0.3 is 6.18 Å². The van der Waals surface area contributed by atoms with E-state index in [1.54, 1.807) is 35.9 Å². The van der Waals surface area contributed by atoms with Crippen LogP contribution in [0.15, 0.2) is 54.6 Å². The van der Waals surface area contributed by atoms with E-state index in [-0.39, 0.29) is 43.5 Å². The number of halogens is 3. The zero-order valence-electron chi connectivity index (χ0n) is 23.8. The molecule has 1 saturated carbocycles. The fourth-order valence-electron chi connectivity index (χ4n) is 6.06. The highest BCUT2D eigenvalue weighted by atomic mass is 19.4. The van der Waals surface area contributed by atoms with E-state index in [4.69, 9.17) is 9.84 Å². The van der Waals surface area contributed by atoms with Gasteiger partial charge in [0.05, 0.1) is 30.5 Å². The molecule has 3 aliphatic rings. The van der Waals surface area contributed by atoms with E-state index in [1.807, 2.05) is 6.07 Å². The van der Waals surface area contributed by atoms with E-state index >= 15 is 0 Å². The summed E-state index contributed by atoms with van der Waals surface area (Å²) in [6.07, 6.45) is -3.20. The van der Waals surface area contributed by atoms with Crippen molar-refractivity contribution < 1.29 is 32.3 Å². The predicted molar refractivity (Wildman–Crippen MR) is 151 cm³/mol. The number of nitrogens with one attached hydrogen (secondary N) is 1. The van der Waals surface area contributed by atoms with E-state index in [0.717, 1.165) is 31.0 Å². The van der Waals surface area contributed by atoms with Crippen LogP contribution >= 0.6 is 0 Å². The number of carbonyl (C=O) groups excluding carboxylic acids is 3. The van der Waals surface area contributed by atoms with Gasteiger partial charge in [-0.1, -0.05) is 24.3 Å². The molecule has 2 aromatic carbocycles. The van der Waals surface area contributed by atoms with Crippen molar-refractivity contribution in [2.75, 3.05) is 31.2 Å². The zero-order valence-corrected chi connectivity index (χ0v) is 23.8. The highest BCUT2D eigenvalue weighted by Gasteiger charge is 2.52. The number of fused-ring (bicyclic) bond motifs is 1. The van der Waals surface area contributed by atoms with Gasteiger partial charge in [-0.15, -0.1) is 0 Å². The Morgan fingerprint density at radius 3 is 2.55 bits per heavy atom. The highest BCUT2D eigenvalue weighted by Crippen LogP contribution is 2.51. The molecule has 3 heterocycles. The van der Waals surface area contributed by atoms with Crippen molar-refractivity contribution in [2.24, 2.45) is 5.92 Å². The van der Waals surface area contributed by atoms with Crippen LogP contribution < -0.4 is 10.2 Å². The minimum Gasteiger partial charge on any atom is -0.376 e. The number of morpholine rings is 1. The number of para-hydroxylation sites is 1. The molecule has 2 aliphatic heterocycles. The second-order valence-electron chi connectivity index (χ2n) is 11.0. The van der Waals surface area contributed by atoms with E-state index in [2.05, 4.69) is 11.4 Å². The van der Waals surface area contributed by atoms with Crippen LogP contribution in [0.4, 0.5) is 19.0 Å². The number of aromatic nitrogens is 2. The lowest BCUT2D eigenvalue weighted by Gasteiger charge is -2.39. The monoisotopic (exact) mass is 606 g/mol. The Kier molecular flexibility index (Phi) is 7.63. The molecular formula is C31H29F3N6O4. The molecule has 1 saturated heterocycles. The molecule has 3 amide bonds. The number of hydrogen-bond donors (Lipinski definition) is 1. The van der Waals surface area contributed by atoms with Gasteiger partial charge in [-0.2, -0.15) is 23.5 Å². The third-order valence-electron chi connectivity index (χ3n) is 8.30. The van der Waals surface area contributed by atoms with Crippen molar-refractivity contribution in [1.82, 2.24) is 20.0 Å². The van der Waals surface area contributed by atoms with Crippen LogP contribution in [0.1, 0.15) is 57.7 Å². The summed E-state index contributed by atoms with van der Waals surface area (Å²) < 4.78 is 47.1. The molecule has 0 unspecified atom stereocenters. The lowest BCUT2D eigenvalue weighted by molar-refractivity contribution is -0.137. The first-order valence-corrected chi connectivity index (χ1v) is 14.4. The van der Waals surface area contributed by atoms with Crippen molar-refractivity contribution in [3.05, 3.63) is 77.0 Å². The summed E-state index contributed by atoms with van der Waals surface area (Å²) in [5, 5.41) is 17.2. The maximum absolute atomic E-state index is 14.2. The van der Waals surface area contributed by atoms with Crippen molar-refractivity contribution in [2.45, 2.75) is 43.9 Å². The summed E-state index contributed by atoms with van der Waals surface area (Å²) in [6.45, 7) is 2.38. The number of amides is 3. The number of carbonyl (C=O) groups is 3. The van der Waals surface area contributed by atoms with Gasteiger partial charge < -0.3 is 15.0 Å². The third-order valence-corrected chi connectivity index (χ3v) is 8.30. The van der Waals surface area contributed by atoms with E-state index < -0.39 is 47.5 Å². The minimum absolute atomic E-state index is 0.0467. The Balaban J connectivity index is 1.48. The van der Waals surface area contributed by atoms with E-state index in [1.165, 1.54) is 15.9 Å². The molecule has 3 aromatic rings. The van der Waals surface area contributed by atoms with Gasteiger partial charge in [-0.05, 0) is 56.0 Å². The number of alkyl halides is 3. The fraction of sp³-hybridized carbons (Fsp3) is 0.387. The van der Waals surface area contributed by atoms with Gasteiger partial charge in [0, 0.05) is 30.1 Å². The average molecular weight is 607 g/mol. The van der Waals surface area contributed by atoms with E-state index in [9.17, 15) is 32.8 Å². The molecule has 1 aromatic heterocycles. The first kappa shape index (κ1) is 29.4. The number of hydrogen-bond acceptors (Lipinski definition) is 6. The number of benzene rings is 2. The topological polar surface area (TPSA) is 121 Å². The smallest absolute Gasteiger partial charge is 0.376 e. The molecule has 3 atom stereocenters. The van der Waals surface area contributed by atoms with Gasteiger partial charge in [0.25, 0.3) is 17.7 Å². The maximum Gasteiger partial charge on any atom is 0.416 e. The number of nitrogens with zero attached hydrogens (tertiary/aromatic N) is 5. The highest BCUT2D eigenvalue weighted by molar-refractivity contribution is 6.07. The molecule has 1 N–H and O–H groups in total. The summed E-state index contributed by atoms with van der Waals surface area (Å²) in [7, 11) is 0. The van der Waals surface area contributed by atoms with Gasteiger partial charge in [0.1, 0.15) is 17.9 Å². The Labute approximate surface area is 251 Å². The molecule has 6 rings (SSSR count). The SMILES string of the molecule is CCN1C(=O)[C@@H](NC(=O)c2cccc(C(F)(F)F)c2)[C@@H](C2CC2)c2c(C(=O)N3CCOC[C@H]3C#N)nn(-c3ccccc3)c21. The number of likely N-dealkylation sites (N-methyl/N-ethyl adjacent to an activating group) is 1. The Bertz CT molecular complexity index is 1650. The average Bonchev–Trinajstić information content (AvgIpc) is 3.80. The van der Waals surface area contributed by atoms with Crippen molar-refractivity contribution in [1.29, 1.82) is 5.26 Å². The number of nitriles is 1. The standard InChI is InChI=1S/C31H29F3N6O4/c1-2-38-28-24(26(37-40(28)21-9-4-3-5-10-21)30(43)39-13-14-44-17-22(39)16-35)23(18-11-12-18)25(29(38)42)36-27(41)19-7-6-8-20(15-19)31(32,33)34/h3-10,15,18,22-23,25H,2,11-14,17H2,1H3,(H,36,41)/t22-,23+,25+/m1/s1. The van der Waals surface area contributed by atoms with Gasteiger partial charge in [-0.3, -0.25) is 19.3 Å². The molecule has 0 spiro atoms. The van der Waals surface area contributed by atoms with Crippen LogP contribution in [0.2, 0.25) is 0 Å². The maximum atomic E-state index is 14.2. The molecule has 10 nitrogen and oxygen atoms in total. The summed E-state index contributed by atoms with van der Waals surface area (Å²) in [5.41, 5.74) is -0.0789. The largest absolute Gasteiger partial charge is 0.416 e. The normalized spacial score (nSPS) is 21.9. The molecule has 228 valence electrons. The van der Waals surface area contributed by atoms with Gasteiger partial charge in [0.2, 0.25) is 0 Å². The Morgan fingerprint density at radius 2 is 1.89 bits per heavy atom. The van der Waals surface area contributed by atoms with E-state index in [0.29, 0.717) is 17.1 Å². The summed E-state index contributed by atoms with van der Waals surface area (Å²) in [4.78, 5) is 44.6. The molecule has 0 radical (unpaired) electrons. The molecule has 2 fully saturated rings. The second kappa shape index (κ2) is 11.4. The number of ether oxygens (including phenoxy) is 1. The molecule has 13 heteroatoms. The Morgan fingerprint density at radius 1 is 1.14 bits per heavy atom. The number of rotatable bonds is 6. The fourth-order valence-corrected chi connectivity index (χ4v) is 6.06. The first-order chi connectivity index (χ1) is 21.1. The lowest BCUT2D eigenvalue weighted by atomic mass is 9.82. The Hall–Kier alpha value is -4.70. The third kappa shape index (κ3) is 5.19. The molecule has 44 heavy (non-hydrogen) atoms. The van der Waals surface area contributed by atoms with Gasteiger partial charge in [0.15, 0.2) is 5.69 Å². The van der Waals surface area contributed by atoms with Crippen molar-refractivity contribution in [3.63, 3.8) is 0 Å². The molecular weight excluding hydrogens is 577 g/mol. The summed E-state index contributed by atoms with van der Waals surface area (Å²) >= 11 is 0. The van der Waals surface area contributed by atoms with Crippen LogP contribution in [0.25, 0.3) is 5.69 Å². The van der Waals surface area contributed by atoms with Crippen LogP contribution in [0, 0.1) is 17.2 Å². The van der Waals surface area contributed by atoms with Crippen LogP contribution in [0.5, 0.6) is 0 Å². The molecule has 1 aliphatic carbocycles. The lowest BCUT2D eigenvalue weighted by Crippen LogP contribution is -2.56. The van der Waals surface area contributed by atoms with Crippen LogP contribution in [-0.2, 0) is 15.7 Å². The second-order valence-corrected chi connectivity index (χ2v) is 11.0. The summed E-state index contributed by atoms with van der Waals surface area (Å²) in [5.74, 6) is -2.14. The zero-order chi connectivity index (χ0) is 31.2.